The SMILES string of the molecule is CN(C(=O)c1cc(Cl)nc(Cl)c1)c1cc(Cl)cc(Cl)c1. The Balaban J connectivity index is 2.36. The lowest BCUT2D eigenvalue weighted by atomic mass is 10.2. The van der Waals surface area contributed by atoms with Crippen LogP contribution >= 0.6 is 46.4 Å². The van der Waals surface area contributed by atoms with Gasteiger partial charge in [-0.15, -0.1) is 0 Å². The zero-order valence-corrected chi connectivity index (χ0v) is 13.2. The number of amides is 1. The van der Waals surface area contributed by atoms with Crippen molar-refractivity contribution in [3.8, 4) is 0 Å². The molecule has 0 aliphatic heterocycles. The van der Waals surface area contributed by atoms with Gasteiger partial charge in [-0.3, -0.25) is 4.79 Å². The first kappa shape index (κ1) is 15.4. The van der Waals surface area contributed by atoms with Crippen molar-refractivity contribution < 1.29 is 4.79 Å². The highest BCUT2D eigenvalue weighted by atomic mass is 35.5. The fraction of sp³-hybridized carbons (Fsp3) is 0.0769. The highest BCUT2D eigenvalue weighted by Gasteiger charge is 2.16. The Labute approximate surface area is 136 Å². The lowest BCUT2D eigenvalue weighted by Crippen LogP contribution is -2.26. The Bertz CT molecular complexity index is 635. The molecule has 2 rings (SSSR count). The fourth-order valence-corrected chi connectivity index (χ4v) is 2.61. The third-order valence-corrected chi connectivity index (χ3v) is 3.37. The Morgan fingerprint density at radius 2 is 1.45 bits per heavy atom. The quantitative estimate of drug-likeness (QED) is 0.717. The zero-order valence-electron chi connectivity index (χ0n) is 10.2. The van der Waals surface area contributed by atoms with E-state index >= 15 is 0 Å². The first-order valence-electron chi connectivity index (χ1n) is 5.44. The summed E-state index contributed by atoms with van der Waals surface area (Å²) in [7, 11) is 1.60. The molecule has 1 amide bonds. The van der Waals surface area contributed by atoms with Crippen LogP contribution in [-0.4, -0.2) is 17.9 Å². The van der Waals surface area contributed by atoms with E-state index in [0.29, 0.717) is 21.3 Å². The minimum Gasteiger partial charge on any atom is -0.311 e. The number of rotatable bonds is 2. The summed E-state index contributed by atoms with van der Waals surface area (Å²) >= 11 is 23.4. The van der Waals surface area contributed by atoms with Crippen LogP contribution in [0.5, 0.6) is 0 Å². The number of nitrogens with zero attached hydrogens (tertiary/aromatic N) is 2. The van der Waals surface area contributed by atoms with Crippen LogP contribution in [0, 0.1) is 0 Å². The smallest absolute Gasteiger partial charge is 0.258 e. The lowest BCUT2D eigenvalue weighted by Gasteiger charge is -2.18. The van der Waals surface area contributed by atoms with Gasteiger partial charge in [0.15, 0.2) is 0 Å². The Kier molecular flexibility index (Phi) is 4.76. The molecule has 3 nitrogen and oxygen atoms in total. The summed E-state index contributed by atoms with van der Waals surface area (Å²) in [6.07, 6.45) is 0. The lowest BCUT2D eigenvalue weighted by molar-refractivity contribution is 0.0993. The van der Waals surface area contributed by atoms with Gasteiger partial charge in [0.05, 0.1) is 0 Å². The highest BCUT2D eigenvalue weighted by molar-refractivity contribution is 6.35. The van der Waals surface area contributed by atoms with E-state index in [-0.39, 0.29) is 16.2 Å². The van der Waals surface area contributed by atoms with Crippen molar-refractivity contribution in [2.45, 2.75) is 0 Å². The molecule has 1 heterocycles. The van der Waals surface area contributed by atoms with Crippen molar-refractivity contribution in [2.24, 2.45) is 0 Å². The van der Waals surface area contributed by atoms with Gasteiger partial charge < -0.3 is 4.90 Å². The van der Waals surface area contributed by atoms with Crippen LogP contribution in [0.4, 0.5) is 5.69 Å². The second-order valence-electron chi connectivity index (χ2n) is 3.99. The van der Waals surface area contributed by atoms with E-state index in [0.717, 1.165) is 0 Å². The van der Waals surface area contributed by atoms with Crippen molar-refractivity contribution in [3.05, 3.63) is 56.2 Å². The van der Waals surface area contributed by atoms with Gasteiger partial charge in [-0.2, -0.15) is 0 Å². The maximum Gasteiger partial charge on any atom is 0.258 e. The minimum atomic E-state index is -0.297. The number of hydrogen-bond donors (Lipinski definition) is 0. The van der Waals surface area contributed by atoms with E-state index in [4.69, 9.17) is 46.4 Å². The van der Waals surface area contributed by atoms with Crippen LogP contribution in [-0.2, 0) is 0 Å². The topological polar surface area (TPSA) is 33.2 Å². The largest absolute Gasteiger partial charge is 0.311 e. The molecule has 7 heteroatoms. The summed E-state index contributed by atoms with van der Waals surface area (Å²) in [5.74, 6) is -0.297. The van der Waals surface area contributed by atoms with Crippen molar-refractivity contribution in [1.82, 2.24) is 4.98 Å². The second-order valence-corrected chi connectivity index (χ2v) is 5.64. The maximum absolute atomic E-state index is 12.4. The average Bonchev–Trinajstić information content (AvgIpc) is 2.34. The number of benzene rings is 1. The summed E-state index contributed by atoms with van der Waals surface area (Å²) in [5.41, 5.74) is 0.894. The Morgan fingerprint density at radius 3 is 1.95 bits per heavy atom. The normalized spacial score (nSPS) is 10.4. The molecule has 20 heavy (non-hydrogen) atoms. The molecule has 0 spiro atoms. The summed E-state index contributed by atoms with van der Waals surface area (Å²) in [5, 5.41) is 1.19. The molecule has 0 radical (unpaired) electrons. The second kappa shape index (κ2) is 6.19. The van der Waals surface area contributed by atoms with Crippen LogP contribution in [0.25, 0.3) is 0 Å². The van der Waals surface area contributed by atoms with Gasteiger partial charge in [-0.25, -0.2) is 4.98 Å². The maximum atomic E-state index is 12.4. The molecule has 0 aliphatic rings. The van der Waals surface area contributed by atoms with Crippen LogP contribution < -0.4 is 4.90 Å². The fourth-order valence-electron chi connectivity index (χ4n) is 1.63. The monoisotopic (exact) mass is 348 g/mol. The predicted octanol–water partition coefficient (Wildman–Crippen LogP) is 4.97. The average molecular weight is 350 g/mol. The van der Waals surface area contributed by atoms with Crippen LogP contribution in [0.1, 0.15) is 10.4 Å². The summed E-state index contributed by atoms with van der Waals surface area (Å²) in [6, 6.07) is 7.74. The predicted molar refractivity (Wildman–Crippen MR) is 83.5 cm³/mol. The number of halogens is 4. The van der Waals surface area contributed by atoms with E-state index in [1.165, 1.54) is 17.0 Å². The summed E-state index contributed by atoms with van der Waals surface area (Å²) in [4.78, 5) is 17.6. The Hall–Kier alpha value is -1.000. The summed E-state index contributed by atoms with van der Waals surface area (Å²) < 4.78 is 0. The summed E-state index contributed by atoms with van der Waals surface area (Å²) in [6.45, 7) is 0. The van der Waals surface area contributed by atoms with Crippen molar-refractivity contribution >= 4 is 58.0 Å². The van der Waals surface area contributed by atoms with Crippen molar-refractivity contribution in [2.75, 3.05) is 11.9 Å². The van der Waals surface area contributed by atoms with Gasteiger partial charge >= 0.3 is 0 Å². The van der Waals surface area contributed by atoms with Gasteiger partial charge in [-0.05, 0) is 30.3 Å². The molecular formula is C13H8Cl4N2O. The van der Waals surface area contributed by atoms with Gasteiger partial charge in [0.25, 0.3) is 5.91 Å². The van der Waals surface area contributed by atoms with Gasteiger partial charge in [0, 0.05) is 28.3 Å². The molecule has 104 valence electrons. The minimum absolute atomic E-state index is 0.151. The van der Waals surface area contributed by atoms with Gasteiger partial charge in [0.1, 0.15) is 10.3 Å². The van der Waals surface area contributed by atoms with E-state index in [1.807, 2.05) is 0 Å². The van der Waals surface area contributed by atoms with E-state index in [1.54, 1.807) is 25.2 Å². The zero-order chi connectivity index (χ0) is 14.9. The molecule has 1 aromatic heterocycles. The van der Waals surface area contributed by atoms with E-state index < -0.39 is 0 Å². The first-order chi connectivity index (χ1) is 9.36. The highest BCUT2D eigenvalue weighted by Crippen LogP contribution is 2.26. The molecule has 0 N–H and O–H groups in total. The molecular weight excluding hydrogens is 342 g/mol. The van der Waals surface area contributed by atoms with Crippen LogP contribution in [0.3, 0.4) is 0 Å². The number of aromatic nitrogens is 1. The van der Waals surface area contributed by atoms with Crippen LogP contribution in [0.15, 0.2) is 30.3 Å². The molecule has 1 aromatic carbocycles. The van der Waals surface area contributed by atoms with E-state index in [9.17, 15) is 4.79 Å². The first-order valence-corrected chi connectivity index (χ1v) is 6.95. The van der Waals surface area contributed by atoms with Crippen molar-refractivity contribution in [3.63, 3.8) is 0 Å². The molecule has 0 aliphatic carbocycles. The molecule has 2 aromatic rings. The number of pyridine rings is 1. The number of carbonyl (C=O) groups is 1. The number of hydrogen-bond acceptors (Lipinski definition) is 2. The molecule has 0 fully saturated rings. The van der Waals surface area contributed by atoms with E-state index in [2.05, 4.69) is 4.98 Å². The third kappa shape index (κ3) is 3.55. The Morgan fingerprint density at radius 1 is 0.950 bits per heavy atom. The third-order valence-electron chi connectivity index (χ3n) is 2.55. The van der Waals surface area contributed by atoms with Gasteiger partial charge in [0.2, 0.25) is 0 Å². The van der Waals surface area contributed by atoms with Crippen molar-refractivity contribution in [1.29, 1.82) is 0 Å². The molecule has 0 saturated carbocycles. The molecule has 0 unspecified atom stereocenters. The molecule has 0 bridgehead atoms. The number of anilines is 1. The molecule has 0 saturated heterocycles. The standard InChI is InChI=1S/C13H8Cl4N2O/c1-19(10-5-8(14)4-9(15)6-10)13(20)7-2-11(16)18-12(17)3-7/h2-6H,1H3. The van der Waals surface area contributed by atoms with Crippen LogP contribution in [0.2, 0.25) is 20.4 Å². The number of carbonyl (C=O) groups excluding carboxylic acids is 1. The van der Waals surface area contributed by atoms with Gasteiger partial charge in [-0.1, -0.05) is 46.4 Å². The molecule has 0 atom stereocenters.